The van der Waals surface area contributed by atoms with Gasteiger partial charge >= 0.3 is 6.18 Å². The fourth-order valence-corrected chi connectivity index (χ4v) is 5.33. The van der Waals surface area contributed by atoms with Gasteiger partial charge in [-0.25, -0.2) is 16.8 Å². The second-order valence-electron chi connectivity index (χ2n) is 6.85. The van der Waals surface area contributed by atoms with Crippen molar-refractivity contribution in [3.63, 3.8) is 0 Å². The highest BCUT2D eigenvalue weighted by Gasteiger charge is 2.33. The van der Waals surface area contributed by atoms with Crippen LogP contribution in [0.25, 0.3) is 0 Å². The lowest BCUT2D eigenvalue weighted by atomic mass is 10.1. The first kappa shape index (κ1) is 23.0. The van der Waals surface area contributed by atoms with Gasteiger partial charge in [0.25, 0.3) is 10.0 Å². The van der Waals surface area contributed by atoms with Crippen LogP contribution in [0.1, 0.15) is 27.8 Å². The number of aryl methyl sites for hydroxylation is 3. The van der Waals surface area contributed by atoms with Gasteiger partial charge in [-0.3, -0.25) is 9.44 Å². The molecule has 0 amide bonds. The topological polar surface area (TPSA) is 92.3 Å². The molecule has 0 fully saturated rings. The number of alkyl halides is 3. The maximum atomic E-state index is 13.1. The Kier molecular flexibility index (Phi) is 5.97. The maximum Gasteiger partial charge on any atom is 0.416 e. The first-order valence-corrected chi connectivity index (χ1v) is 11.7. The second-order valence-corrected chi connectivity index (χ2v) is 10.2. The minimum absolute atomic E-state index is 0.0391. The molecular weight excluding hydrogens is 429 g/mol. The molecule has 29 heavy (non-hydrogen) atoms. The fraction of sp³-hybridized carbons (Fsp3) is 0.333. The lowest BCUT2D eigenvalue weighted by molar-refractivity contribution is -0.138. The fourth-order valence-electron chi connectivity index (χ4n) is 3.12. The summed E-state index contributed by atoms with van der Waals surface area (Å²) in [5.41, 5.74) is -0.145. The predicted molar refractivity (Wildman–Crippen MR) is 106 cm³/mol. The normalized spacial score (nSPS) is 12.7. The second kappa shape index (κ2) is 7.52. The summed E-state index contributed by atoms with van der Waals surface area (Å²) in [5.74, 6) is 0. The van der Waals surface area contributed by atoms with Gasteiger partial charge in [0, 0.05) is 5.69 Å². The van der Waals surface area contributed by atoms with Gasteiger partial charge in [-0.1, -0.05) is 12.1 Å². The maximum absolute atomic E-state index is 13.1. The molecule has 0 saturated carbocycles. The lowest BCUT2D eigenvalue weighted by Gasteiger charge is -2.19. The highest BCUT2D eigenvalue weighted by molar-refractivity contribution is 7.93. The van der Waals surface area contributed by atoms with Crippen molar-refractivity contribution < 1.29 is 30.0 Å². The number of benzene rings is 2. The number of halogens is 3. The molecule has 0 spiro atoms. The van der Waals surface area contributed by atoms with E-state index in [1.807, 2.05) is 0 Å². The van der Waals surface area contributed by atoms with Crippen LogP contribution < -0.4 is 9.44 Å². The molecule has 0 aliphatic heterocycles. The van der Waals surface area contributed by atoms with Crippen LogP contribution in [0.2, 0.25) is 0 Å². The smallest absolute Gasteiger partial charge is 0.283 e. The molecule has 0 aliphatic rings. The highest BCUT2D eigenvalue weighted by atomic mass is 32.2. The summed E-state index contributed by atoms with van der Waals surface area (Å²) in [4.78, 5) is -0.205. The van der Waals surface area contributed by atoms with Crippen LogP contribution in [0, 0.1) is 27.7 Å². The van der Waals surface area contributed by atoms with Crippen LogP contribution in [0.5, 0.6) is 0 Å². The van der Waals surface area contributed by atoms with E-state index < -0.39 is 31.8 Å². The zero-order valence-corrected chi connectivity index (χ0v) is 18.0. The Bertz CT molecular complexity index is 1170. The Balaban J connectivity index is 2.59. The van der Waals surface area contributed by atoms with Gasteiger partial charge in [0.2, 0.25) is 10.0 Å². The van der Waals surface area contributed by atoms with E-state index in [1.54, 1.807) is 6.92 Å². The third-order valence-corrected chi connectivity index (χ3v) is 6.50. The first-order valence-electron chi connectivity index (χ1n) is 8.32. The van der Waals surface area contributed by atoms with Crippen molar-refractivity contribution in [1.29, 1.82) is 0 Å². The molecule has 2 aromatic rings. The molecule has 0 bridgehead atoms. The van der Waals surface area contributed by atoms with Crippen LogP contribution in [0.15, 0.2) is 29.2 Å². The Morgan fingerprint density at radius 2 is 1.41 bits per heavy atom. The summed E-state index contributed by atoms with van der Waals surface area (Å²) in [7, 11) is -7.97. The Hall–Kier alpha value is -2.27. The molecule has 6 nitrogen and oxygen atoms in total. The highest BCUT2D eigenvalue weighted by Crippen LogP contribution is 2.35. The molecule has 0 atom stereocenters. The predicted octanol–water partition coefficient (Wildman–Crippen LogP) is 4.11. The monoisotopic (exact) mass is 450 g/mol. The number of rotatable bonds is 5. The molecule has 11 heteroatoms. The quantitative estimate of drug-likeness (QED) is 0.717. The standard InChI is InChI=1S/C18H21F3N2O4S2/c1-10-6-7-14(9-15(10)18(19,20)21)22-29(26,27)17-12(3)8-11(2)16(13(17)4)23-28(5,24)25/h6-9,22-23H,1-5H3. The SMILES string of the molecule is Cc1ccc(NS(=O)(=O)c2c(C)cc(C)c(NS(C)(=O)=O)c2C)cc1C(F)(F)F. The molecule has 2 rings (SSSR count). The van der Waals surface area contributed by atoms with Crippen LogP contribution in [0.3, 0.4) is 0 Å². The third kappa shape index (κ3) is 5.21. The summed E-state index contributed by atoms with van der Waals surface area (Å²) in [6.45, 7) is 5.85. The van der Waals surface area contributed by atoms with E-state index in [-0.39, 0.29) is 27.4 Å². The van der Waals surface area contributed by atoms with E-state index in [9.17, 15) is 30.0 Å². The Labute approximate surface area is 168 Å². The molecule has 2 N–H and O–H groups in total. The van der Waals surface area contributed by atoms with E-state index in [2.05, 4.69) is 9.44 Å². The number of anilines is 2. The molecular formula is C18H21F3N2O4S2. The molecule has 0 saturated heterocycles. The van der Waals surface area contributed by atoms with Gasteiger partial charge in [0.1, 0.15) is 0 Å². The van der Waals surface area contributed by atoms with E-state index in [4.69, 9.17) is 0 Å². The van der Waals surface area contributed by atoms with Crippen molar-refractivity contribution in [1.82, 2.24) is 0 Å². The Morgan fingerprint density at radius 3 is 1.93 bits per heavy atom. The van der Waals surface area contributed by atoms with Crippen molar-refractivity contribution in [2.24, 2.45) is 0 Å². The van der Waals surface area contributed by atoms with Crippen molar-refractivity contribution in [3.8, 4) is 0 Å². The van der Waals surface area contributed by atoms with Gasteiger partial charge in [-0.15, -0.1) is 0 Å². The van der Waals surface area contributed by atoms with Gasteiger partial charge in [0.05, 0.1) is 22.4 Å². The van der Waals surface area contributed by atoms with Gasteiger partial charge < -0.3 is 0 Å². The van der Waals surface area contributed by atoms with E-state index in [1.165, 1.54) is 39.0 Å². The summed E-state index contributed by atoms with van der Waals surface area (Å²) in [6, 6.07) is 4.62. The number of hydrogen-bond acceptors (Lipinski definition) is 4. The molecule has 2 aromatic carbocycles. The average Bonchev–Trinajstić information content (AvgIpc) is 2.50. The molecule has 0 radical (unpaired) electrons. The zero-order valence-electron chi connectivity index (χ0n) is 16.4. The van der Waals surface area contributed by atoms with Crippen molar-refractivity contribution >= 4 is 31.4 Å². The largest absolute Gasteiger partial charge is 0.416 e. The van der Waals surface area contributed by atoms with Gasteiger partial charge in [-0.2, -0.15) is 13.2 Å². The zero-order chi connectivity index (χ0) is 22.4. The van der Waals surface area contributed by atoms with E-state index >= 15 is 0 Å². The van der Waals surface area contributed by atoms with E-state index in [0.29, 0.717) is 11.1 Å². The number of nitrogens with one attached hydrogen (secondary N) is 2. The molecule has 160 valence electrons. The van der Waals surface area contributed by atoms with Crippen LogP contribution in [-0.4, -0.2) is 23.1 Å². The molecule has 0 heterocycles. The summed E-state index contributed by atoms with van der Waals surface area (Å²) < 4.78 is 93.0. The van der Waals surface area contributed by atoms with Gasteiger partial charge in [0.15, 0.2) is 0 Å². The van der Waals surface area contributed by atoms with Crippen LogP contribution >= 0.6 is 0 Å². The van der Waals surface area contributed by atoms with Crippen molar-refractivity contribution in [3.05, 3.63) is 52.1 Å². The first-order chi connectivity index (χ1) is 13.0. The lowest BCUT2D eigenvalue weighted by Crippen LogP contribution is -2.19. The summed E-state index contributed by atoms with van der Waals surface area (Å²) >= 11 is 0. The average molecular weight is 451 g/mol. The summed E-state index contributed by atoms with van der Waals surface area (Å²) in [6.07, 6.45) is -3.70. The molecule has 0 unspecified atom stereocenters. The van der Waals surface area contributed by atoms with Gasteiger partial charge in [-0.05, 0) is 62.1 Å². The number of hydrogen-bond donors (Lipinski definition) is 2. The minimum Gasteiger partial charge on any atom is -0.283 e. The molecule has 0 aliphatic carbocycles. The molecule has 0 aromatic heterocycles. The minimum atomic E-state index is -4.63. The Morgan fingerprint density at radius 1 is 0.828 bits per heavy atom. The van der Waals surface area contributed by atoms with Crippen LogP contribution in [-0.2, 0) is 26.2 Å². The number of sulfonamides is 2. The third-order valence-electron chi connectivity index (χ3n) is 4.25. The van der Waals surface area contributed by atoms with Crippen LogP contribution in [0.4, 0.5) is 24.5 Å². The summed E-state index contributed by atoms with van der Waals surface area (Å²) in [5, 5.41) is 0. The van der Waals surface area contributed by atoms with Crippen molar-refractivity contribution in [2.75, 3.05) is 15.7 Å². The van der Waals surface area contributed by atoms with E-state index in [0.717, 1.165) is 12.3 Å². The van der Waals surface area contributed by atoms with Crippen molar-refractivity contribution in [2.45, 2.75) is 38.8 Å².